The number of hydrogen-bond acceptors (Lipinski definition) is 5. The van der Waals surface area contributed by atoms with E-state index >= 15 is 0 Å². The Morgan fingerprint density at radius 3 is 2.70 bits per heavy atom. The molecular formula is C24H29ClO5. The summed E-state index contributed by atoms with van der Waals surface area (Å²) < 4.78 is 4.60. The van der Waals surface area contributed by atoms with Crippen molar-refractivity contribution in [1.29, 1.82) is 0 Å². The average molecular weight is 433 g/mol. The van der Waals surface area contributed by atoms with Gasteiger partial charge >= 0.3 is 5.97 Å². The zero-order chi connectivity index (χ0) is 21.9. The van der Waals surface area contributed by atoms with Crippen molar-refractivity contribution in [3.8, 4) is 11.8 Å². The Morgan fingerprint density at radius 2 is 2.00 bits per heavy atom. The van der Waals surface area contributed by atoms with Crippen molar-refractivity contribution in [2.45, 2.75) is 50.4 Å². The summed E-state index contributed by atoms with van der Waals surface area (Å²) in [6.07, 6.45) is 7.78. The normalized spacial score (nSPS) is 24.7. The van der Waals surface area contributed by atoms with Crippen LogP contribution >= 0.6 is 11.6 Å². The molecule has 0 spiro atoms. The van der Waals surface area contributed by atoms with Crippen LogP contribution in [0.4, 0.5) is 0 Å². The summed E-state index contributed by atoms with van der Waals surface area (Å²) in [6.45, 7) is 0. The molecule has 0 radical (unpaired) electrons. The van der Waals surface area contributed by atoms with Crippen LogP contribution in [-0.2, 0) is 9.53 Å². The first-order valence-electron chi connectivity index (χ1n) is 10.1. The molecule has 0 amide bonds. The first-order chi connectivity index (χ1) is 14.4. The summed E-state index contributed by atoms with van der Waals surface area (Å²) in [5.74, 6) is 5.01. The lowest BCUT2D eigenvalue weighted by molar-refractivity contribution is -0.140. The lowest BCUT2D eigenvalue weighted by Crippen LogP contribution is -2.20. The lowest BCUT2D eigenvalue weighted by atomic mass is 9.89. The number of aliphatic hydroxyl groups is 3. The van der Waals surface area contributed by atoms with Crippen LogP contribution in [0.15, 0.2) is 48.6 Å². The Hall–Kier alpha value is -2.10. The van der Waals surface area contributed by atoms with E-state index in [9.17, 15) is 20.1 Å². The number of benzene rings is 1. The molecule has 3 unspecified atom stereocenters. The highest BCUT2D eigenvalue weighted by atomic mass is 35.5. The fourth-order valence-electron chi connectivity index (χ4n) is 3.52. The SMILES string of the molecule is COC(=O)CCC/C=C\CC1C(O)CC(O)[C@@H]1/C=C/[C@@H](O)C#Cc1ccc(Cl)cc1. The second kappa shape index (κ2) is 12.6. The third kappa shape index (κ3) is 7.97. The number of esters is 1. The zero-order valence-corrected chi connectivity index (χ0v) is 17.8. The molecule has 6 heteroatoms. The van der Waals surface area contributed by atoms with Gasteiger partial charge in [0.15, 0.2) is 0 Å². The van der Waals surface area contributed by atoms with Gasteiger partial charge in [0, 0.05) is 29.3 Å². The van der Waals surface area contributed by atoms with Gasteiger partial charge in [-0.1, -0.05) is 41.7 Å². The van der Waals surface area contributed by atoms with E-state index in [4.69, 9.17) is 11.6 Å². The van der Waals surface area contributed by atoms with E-state index in [-0.39, 0.29) is 17.8 Å². The average Bonchev–Trinajstić information content (AvgIpc) is 3.00. The Morgan fingerprint density at radius 1 is 1.27 bits per heavy atom. The van der Waals surface area contributed by atoms with Crippen LogP contribution in [-0.4, -0.2) is 46.7 Å². The molecule has 1 fully saturated rings. The minimum atomic E-state index is -0.972. The molecule has 0 aromatic heterocycles. The number of methoxy groups -OCH3 is 1. The van der Waals surface area contributed by atoms with Gasteiger partial charge < -0.3 is 20.1 Å². The van der Waals surface area contributed by atoms with Gasteiger partial charge in [-0.05, 0) is 55.5 Å². The number of rotatable bonds is 8. The third-order valence-corrected chi connectivity index (χ3v) is 5.45. The molecule has 0 saturated heterocycles. The van der Waals surface area contributed by atoms with Crippen LogP contribution in [0.25, 0.3) is 0 Å². The molecule has 1 aromatic rings. The summed E-state index contributed by atoms with van der Waals surface area (Å²) in [5, 5.41) is 31.3. The number of ether oxygens (including phenoxy) is 1. The molecular weight excluding hydrogens is 404 g/mol. The van der Waals surface area contributed by atoms with Crippen LogP contribution in [0.5, 0.6) is 0 Å². The van der Waals surface area contributed by atoms with E-state index in [0.717, 1.165) is 12.0 Å². The van der Waals surface area contributed by atoms with Crippen molar-refractivity contribution in [3.05, 3.63) is 59.2 Å². The lowest BCUT2D eigenvalue weighted by Gasteiger charge is -2.19. The van der Waals surface area contributed by atoms with Gasteiger partial charge in [-0.2, -0.15) is 0 Å². The van der Waals surface area contributed by atoms with Crippen LogP contribution in [0.2, 0.25) is 5.02 Å². The predicted molar refractivity (Wildman–Crippen MR) is 117 cm³/mol. The van der Waals surface area contributed by atoms with Gasteiger partial charge in [-0.25, -0.2) is 0 Å². The molecule has 1 aromatic carbocycles. The van der Waals surface area contributed by atoms with E-state index in [1.807, 2.05) is 12.2 Å². The van der Waals surface area contributed by atoms with Gasteiger partial charge in [0.2, 0.25) is 0 Å². The molecule has 2 rings (SSSR count). The maximum atomic E-state index is 11.1. The second-order valence-corrected chi connectivity index (χ2v) is 7.83. The van der Waals surface area contributed by atoms with Crippen LogP contribution in [0, 0.1) is 23.7 Å². The number of allylic oxidation sites excluding steroid dienone is 2. The quantitative estimate of drug-likeness (QED) is 0.254. The Labute approximate surface area is 183 Å². The number of unbranched alkanes of at least 4 members (excludes halogenated alkanes) is 1. The topological polar surface area (TPSA) is 87.0 Å². The molecule has 0 heterocycles. The minimum absolute atomic E-state index is 0.135. The maximum Gasteiger partial charge on any atom is 0.305 e. The molecule has 5 nitrogen and oxygen atoms in total. The molecule has 0 aliphatic heterocycles. The van der Waals surface area contributed by atoms with Crippen molar-refractivity contribution in [1.82, 2.24) is 0 Å². The summed E-state index contributed by atoms with van der Waals surface area (Å²) in [4.78, 5) is 11.1. The Balaban J connectivity index is 1.88. The number of carbonyl (C=O) groups is 1. The Bertz CT molecular complexity index is 790. The highest BCUT2D eigenvalue weighted by Crippen LogP contribution is 2.36. The van der Waals surface area contributed by atoms with Crippen molar-refractivity contribution >= 4 is 17.6 Å². The predicted octanol–water partition coefficient (Wildman–Crippen LogP) is 3.26. The molecule has 1 saturated carbocycles. The number of carbonyl (C=O) groups excluding carboxylic acids is 1. The van der Waals surface area contributed by atoms with Crippen LogP contribution in [0.3, 0.4) is 0 Å². The van der Waals surface area contributed by atoms with Gasteiger partial charge in [-0.15, -0.1) is 0 Å². The third-order valence-electron chi connectivity index (χ3n) is 5.19. The van der Waals surface area contributed by atoms with Crippen molar-refractivity contribution in [3.63, 3.8) is 0 Å². The summed E-state index contributed by atoms with van der Waals surface area (Å²) >= 11 is 5.84. The van der Waals surface area contributed by atoms with E-state index in [1.54, 1.807) is 36.4 Å². The van der Waals surface area contributed by atoms with Gasteiger partial charge in [-0.3, -0.25) is 4.79 Å². The van der Waals surface area contributed by atoms with E-state index < -0.39 is 18.3 Å². The fraction of sp³-hybridized carbons (Fsp3) is 0.458. The molecule has 0 bridgehead atoms. The second-order valence-electron chi connectivity index (χ2n) is 7.39. The molecule has 162 valence electrons. The molecule has 3 N–H and O–H groups in total. The van der Waals surface area contributed by atoms with Gasteiger partial charge in [0.1, 0.15) is 6.10 Å². The van der Waals surface area contributed by atoms with Gasteiger partial charge in [0.25, 0.3) is 0 Å². The number of hydrogen-bond donors (Lipinski definition) is 3. The highest BCUT2D eigenvalue weighted by Gasteiger charge is 2.39. The minimum Gasteiger partial charge on any atom is -0.469 e. The standard InChI is InChI=1S/C24H29ClO5/c1-30-24(29)7-5-3-2-4-6-20-21(23(28)16-22(20)27)15-14-19(26)13-10-17-8-11-18(25)12-9-17/h2,4,8-9,11-12,14-15,19-23,26-28H,3,5-7,16H2,1H3/b4-2-,15-14+/t19-,20?,21+,22?,23?/m0/s1. The summed E-state index contributed by atoms with van der Waals surface area (Å²) in [6, 6.07) is 7.02. The van der Waals surface area contributed by atoms with Gasteiger partial charge in [0.05, 0.1) is 19.3 Å². The molecule has 1 aliphatic carbocycles. The molecule has 1 aliphatic rings. The summed E-state index contributed by atoms with van der Waals surface area (Å²) in [7, 11) is 1.37. The highest BCUT2D eigenvalue weighted by molar-refractivity contribution is 6.30. The first-order valence-corrected chi connectivity index (χ1v) is 10.5. The van der Waals surface area contributed by atoms with Crippen LogP contribution in [0.1, 0.15) is 37.7 Å². The number of aliphatic hydroxyl groups excluding tert-OH is 3. The van der Waals surface area contributed by atoms with Crippen molar-refractivity contribution < 1.29 is 24.9 Å². The zero-order valence-electron chi connectivity index (χ0n) is 17.1. The van der Waals surface area contributed by atoms with E-state index in [1.165, 1.54) is 7.11 Å². The number of halogens is 1. The van der Waals surface area contributed by atoms with E-state index in [2.05, 4.69) is 16.6 Å². The molecule has 5 atom stereocenters. The fourth-order valence-corrected chi connectivity index (χ4v) is 3.64. The Kier molecular flexibility index (Phi) is 10.1. The van der Waals surface area contributed by atoms with Crippen molar-refractivity contribution in [2.24, 2.45) is 11.8 Å². The van der Waals surface area contributed by atoms with Crippen molar-refractivity contribution in [2.75, 3.05) is 7.11 Å². The first kappa shape index (κ1) is 24.2. The maximum absolute atomic E-state index is 11.1. The van der Waals surface area contributed by atoms with Crippen LogP contribution < -0.4 is 0 Å². The molecule has 30 heavy (non-hydrogen) atoms. The smallest absolute Gasteiger partial charge is 0.305 e. The monoisotopic (exact) mass is 432 g/mol. The largest absolute Gasteiger partial charge is 0.469 e. The summed E-state index contributed by atoms with van der Waals surface area (Å²) in [5.41, 5.74) is 0.749. The van der Waals surface area contributed by atoms with E-state index in [0.29, 0.717) is 30.7 Å².